The monoisotopic (exact) mass is 483 g/mol. The Hall–Kier alpha value is -3.23. The molecular formula is C19H14Cl2F3N7O. The van der Waals surface area contributed by atoms with E-state index >= 15 is 0 Å². The van der Waals surface area contributed by atoms with Crippen LogP contribution in [0.3, 0.4) is 0 Å². The fourth-order valence-corrected chi connectivity index (χ4v) is 3.65. The van der Waals surface area contributed by atoms with Crippen LogP contribution in [0.1, 0.15) is 29.9 Å². The SMILES string of the molecule is N#Cc1nn(-c2c(Cl)cc(C(F)(F)F)cc2Cl)c(NCc2ncc[nH]2)c1NC(=O)C1CC1. The fourth-order valence-electron chi connectivity index (χ4n) is 3.00. The maximum Gasteiger partial charge on any atom is 0.416 e. The first-order valence-corrected chi connectivity index (χ1v) is 10.1. The molecule has 1 saturated carbocycles. The number of rotatable bonds is 6. The summed E-state index contributed by atoms with van der Waals surface area (Å²) in [6.45, 7) is 0.131. The summed E-state index contributed by atoms with van der Waals surface area (Å²) in [7, 11) is 0. The Labute approximate surface area is 189 Å². The number of halogens is 5. The fraction of sp³-hybridized carbons (Fsp3) is 0.263. The molecule has 1 amide bonds. The van der Waals surface area contributed by atoms with Gasteiger partial charge >= 0.3 is 6.18 Å². The van der Waals surface area contributed by atoms with Crippen molar-refractivity contribution >= 4 is 40.6 Å². The van der Waals surface area contributed by atoms with E-state index in [4.69, 9.17) is 23.2 Å². The molecule has 0 saturated heterocycles. The molecule has 0 spiro atoms. The van der Waals surface area contributed by atoms with Gasteiger partial charge in [0.1, 0.15) is 23.3 Å². The van der Waals surface area contributed by atoms with Gasteiger partial charge in [0, 0.05) is 18.3 Å². The largest absolute Gasteiger partial charge is 0.416 e. The van der Waals surface area contributed by atoms with E-state index in [0.717, 1.165) is 29.7 Å². The summed E-state index contributed by atoms with van der Waals surface area (Å²) in [6.07, 6.45) is -0.0541. The van der Waals surface area contributed by atoms with E-state index in [-0.39, 0.29) is 51.3 Å². The lowest BCUT2D eigenvalue weighted by Crippen LogP contribution is -2.16. The Bertz CT molecular complexity index is 1190. The summed E-state index contributed by atoms with van der Waals surface area (Å²) in [5.41, 5.74) is -1.20. The Morgan fingerprint density at radius 2 is 2.00 bits per heavy atom. The molecule has 8 nitrogen and oxygen atoms in total. The second-order valence-corrected chi connectivity index (χ2v) is 7.85. The van der Waals surface area contributed by atoms with Gasteiger partial charge in [0.2, 0.25) is 5.91 Å². The number of benzene rings is 1. The zero-order valence-electron chi connectivity index (χ0n) is 16.1. The van der Waals surface area contributed by atoms with Crippen molar-refractivity contribution in [1.29, 1.82) is 5.26 Å². The smallest absolute Gasteiger partial charge is 0.361 e. The summed E-state index contributed by atoms with van der Waals surface area (Å²) in [4.78, 5) is 19.4. The summed E-state index contributed by atoms with van der Waals surface area (Å²) in [6, 6.07) is 3.32. The number of imidazole rings is 1. The van der Waals surface area contributed by atoms with E-state index in [0.29, 0.717) is 5.82 Å². The Kier molecular flexibility index (Phi) is 5.75. The van der Waals surface area contributed by atoms with Crippen LogP contribution in [0.15, 0.2) is 24.5 Å². The molecule has 1 fully saturated rings. The number of nitrogens with zero attached hydrogens (tertiary/aromatic N) is 4. The van der Waals surface area contributed by atoms with E-state index < -0.39 is 11.7 Å². The maximum absolute atomic E-state index is 13.1. The van der Waals surface area contributed by atoms with Gasteiger partial charge in [0.15, 0.2) is 11.5 Å². The standard InChI is InChI=1S/C19H14Cl2F3N7O/c20-11-5-10(19(22,23)24)6-12(21)16(11)31-17(28-8-14-26-3-4-27-14)15(13(7-25)30-31)29-18(32)9-1-2-9/h3-6,9,28H,1-2,8H2,(H,26,27)(H,29,32). The van der Waals surface area contributed by atoms with Crippen molar-refractivity contribution in [2.75, 3.05) is 10.6 Å². The number of H-pyrrole nitrogens is 1. The third-order valence-corrected chi connectivity index (χ3v) is 5.30. The zero-order valence-corrected chi connectivity index (χ0v) is 17.6. The number of aromatic amines is 1. The third kappa shape index (κ3) is 4.37. The third-order valence-electron chi connectivity index (χ3n) is 4.72. The number of nitrogens with one attached hydrogen (secondary N) is 3. The first kappa shape index (κ1) is 22.0. The Morgan fingerprint density at radius 3 is 2.53 bits per heavy atom. The van der Waals surface area contributed by atoms with Crippen LogP contribution in [0, 0.1) is 17.2 Å². The first-order chi connectivity index (χ1) is 15.2. The normalized spacial score (nSPS) is 13.6. The summed E-state index contributed by atoms with van der Waals surface area (Å²) < 4.78 is 40.5. The highest BCUT2D eigenvalue weighted by Gasteiger charge is 2.34. The molecule has 4 rings (SSSR count). The van der Waals surface area contributed by atoms with Crippen molar-refractivity contribution in [3.63, 3.8) is 0 Å². The van der Waals surface area contributed by atoms with Crippen molar-refractivity contribution in [3.05, 3.63) is 51.7 Å². The van der Waals surface area contributed by atoms with Crippen molar-refractivity contribution in [2.45, 2.75) is 25.6 Å². The minimum Gasteiger partial charge on any atom is -0.361 e. The minimum absolute atomic E-state index is 0.0722. The van der Waals surface area contributed by atoms with Gasteiger partial charge in [0.05, 0.1) is 22.2 Å². The number of hydrogen-bond donors (Lipinski definition) is 3. The molecule has 3 aromatic rings. The van der Waals surface area contributed by atoms with Crippen LogP contribution in [-0.4, -0.2) is 25.7 Å². The number of carbonyl (C=O) groups is 1. The van der Waals surface area contributed by atoms with E-state index in [1.165, 1.54) is 6.20 Å². The molecule has 1 aliphatic carbocycles. The Balaban J connectivity index is 1.83. The molecule has 1 aliphatic rings. The zero-order chi connectivity index (χ0) is 23.0. The maximum atomic E-state index is 13.1. The molecule has 0 radical (unpaired) electrons. The molecule has 1 aromatic carbocycles. The Morgan fingerprint density at radius 1 is 1.31 bits per heavy atom. The van der Waals surface area contributed by atoms with Crippen LogP contribution in [0.2, 0.25) is 10.0 Å². The van der Waals surface area contributed by atoms with Gasteiger partial charge in [-0.05, 0) is 25.0 Å². The topological polar surface area (TPSA) is 111 Å². The van der Waals surface area contributed by atoms with Gasteiger partial charge in [0.25, 0.3) is 0 Å². The molecule has 3 N–H and O–H groups in total. The number of alkyl halides is 3. The van der Waals surface area contributed by atoms with Gasteiger partial charge in [-0.3, -0.25) is 4.79 Å². The average Bonchev–Trinajstić information content (AvgIpc) is 3.35. The van der Waals surface area contributed by atoms with Crippen LogP contribution in [0.5, 0.6) is 0 Å². The predicted molar refractivity (Wildman–Crippen MR) is 111 cm³/mol. The first-order valence-electron chi connectivity index (χ1n) is 9.31. The van der Waals surface area contributed by atoms with E-state index in [1.807, 2.05) is 6.07 Å². The number of carbonyl (C=O) groups excluding carboxylic acids is 1. The second kappa shape index (κ2) is 8.37. The molecule has 166 valence electrons. The molecular weight excluding hydrogens is 470 g/mol. The lowest BCUT2D eigenvalue weighted by atomic mass is 10.2. The molecule has 0 atom stereocenters. The van der Waals surface area contributed by atoms with E-state index in [1.54, 1.807) is 6.20 Å². The molecule has 2 heterocycles. The number of anilines is 2. The summed E-state index contributed by atoms with van der Waals surface area (Å²) in [5, 5.41) is 18.7. The van der Waals surface area contributed by atoms with Gasteiger partial charge in [-0.1, -0.05) is 23.2 Å². The van der Waals surface area contributed by atoms with Crippen LogP contribution in [0.4, 0.5) is 24.7 Å². The number of hydrogen-bond acceptors (Lipinski definition) is 5. The van der Waals surface area contributed by atoms with E-state index in [9.17, 15) is 23.2 Å². The van der Waals surface area contributed by atoms with Crippen LogP contribution in [-0.2, 0) is 17.5 Å². The predicted octanol–water partition coefficient (Wildman–Crippen LogP) is 4.75. The van der Waals surface area contributed by atoms with Crippen LogP contribution in [0.25, 0.3) is 5.69 Å². The van der Waals surface area contributed by atoms with Gasteiger partial charge in [-0.2, -0.15) is 23.5 Å². The number of amides is 1. The van der Waals surface area contributed by atoms with Crippen molar-refractivity contribution in [1.82, 2.24) is 19.7 Å². The summed E-state index contributed by atoms with van der Waals surface area (Å²) >= 11 is 12.3. The average molecular weight is 484 g/mol. The van der Waals surface area contributed by atoms with Crippen molar-refractivity contribution in [2.24, 2.45) is 5.92 Å². The molecule has 13 heteroatoms. The molecule has 0 aliphatic heterocycles. The highest BCUT2D eigenvalue weighted by Crippen LogP contribution is 2.40. The quantitative estimate of drug-likeness (QED) is 0.468. The van der Waals surface area contributed by atoms with Crippen molar-refractivity contribution < 1.29 is 18.0 Å². The second-order valence-electron chi connectivity index (χ2n) is 7.04. The van der Waals surface area contributed by atoms with Crippen molar-refractivity contribution in [3.8, 4) is 11.8 Å². The highest BCUT2D eigenvalue weighted by molar-refractivity contribution is 6.38. The van der Waals surface area contributed by atoms with Gasteiger partial charge in [-0.15, -0.1) is 0 Å². The van der Waals surface area contributed by atoms with Gasteiger partial charge in [-0.25, -0.2) is 9.67 Å². The van der Waals surface area contributed by atoms with E-state index in [2.05, 4.69) is 25.7 Å². The highest BCUT2D eigenvalue weighted by atomic mass is 35.5. The summed E-state index contributed by atoms with van der Waals surface area (Å²) in [5.74, 6) is 0.198. The number of aromatic nitrogens is 4. The minimum atomic E-state index is -4.66. The van der Waals surface area contributed by atoms with Crippen LogP contribution >= 0.6 is 23.2 Å². The molecule has 0 unspecified atom stereocenters. The molecule has 0 bridgehead atoms. The lowest BCUT2D eigenvalue weighted by molar-refractivity contribution is -0.137. The lowest BCUT2D eigenvalue weighted by Gasteiger charge is -2.16. The molecule has 32 heavy (non-hydrogen) atoms. The number of nitriles is 1. The van der Waals surface area contributed by atoms with Crippen LogP contribution < -0.4 is 10.6 Å². The van der Waals surface area contributed by atoms with Gasteiger partial charge < -0.3 is 15.6 Å². The molecule has 2 aromatic heterocycles.